The Kier molecular flexibility index (Phi) is 13.4. The van der Waals surface area contributed by atoms with Gasteiger partial charge in [0.15, 0.2) is 0 Å². The molecule has 0 unspecified atom stereocenters. The Hall–Kier alpha value is -3.33. The molecule has 3 heteroatoms. The molecule has 0 radical (unpaired) electrons. The van der Waals surface area contributed by atoms with E-state index in [-0.39, 0.29) is 93.4 Å². The average Bonchev–Trinajstić information content (AvgIpc) is 3.22. The highest BCUT2D eigenvalue weighted by Gasteiger charge is 2.35. The summed E-state index contributed by atoms with van der Waals surface area (Å²) in [5, 5.41) is 0. The van der Waals surface area contributed by atoms with E-state index in [1.807, 2.05) is 102 Å². The van der Waals surface area contributed by atoms with Crippen molar-refractivity contribution in [3.8, 4) is 0 Å². The molecule has 60 heavy (non-hydrogen) atoms. The van der Waals surface area contributed by atoms with Crippen LogP contribution in [0.15, 0.2) is 72.6 Å². The first-order valence-corrected chi connectivity index (χ1v) is 21.5. The highest BCUT2D eigenvalue weighted by atomic mass is 16.1. The minimum Gasteiger partial charge on any atom is -0.299 e. The van der Waals surface area contributed by atoms with Gasteiger partial charge in [0.2, 0.25) is 0 Å². The van der Waals surface area contributed by atoms with E-state index in [1.165, 1.54) is 6.92 Å². The molecule has 0 aliphatic rings. The van der Waals surface area contributed by atoms with Crippen molar-refractivity contribution >= 4 is 17.3 Å². The van der Waals surface area contributed by atoms with Crippen molar-refractivity contribution in [1.82, 2.24) is 0 Å². The average molecular weight is 836 g/mol. The van der Waals surface area contributed by atoms with Crippen LogP contribution in [-0.4, -0.2) is 17.3 Å². The summed E-state index contributed by atoms with van der Waals surface area (Å²) < 4.78 is 108. The van der Waals surface area contributed by atoms with Crippen molar-refractivity contribution in [2.75, 3.05) is 0 Å². The Morgan fingerprint density at radius 2 is 0.850 bits per heavy atom. The molecule has 3 aromatic carbocycles. The first kappa shape index (κ1) is 36.2. The molecule has 3 aromatic rings. The van der Waals surface area contributed by atoms with Gasteiger partial charge in [-0.25, -0.2) is 0 Å². The molecule has 0 saturated carbocycles. The third-order valence-electron chi connectivity index (χ3n) is 9.09. The van der Waals surface area contributed by atoms with Gasteiger partial charge < -0.3 is 0 Å². The van der Waals surface area contributed by atoms with Crippen LogP contribution >= 0.6 is 0 Å². The van der Waals surface area contributed by atoms with E-state index in [0.717, 1.165) is 5.56 Å². The third kappa shape index (κ3) is 22.5. The molecule has 0 fully saturated rings. The molecule has 3 rings (SSSR count). The monoisotopic (exact) mass is 836 g/mol. The number of ketones is 3. The molecule has 0 aliphatic carbocycles. The van der Waals surface area contributed by atoms with Crippen LogP contribution in [0.5, 0.6) is 0 Å². The van der Waals surface area contributed by atoms with Crippen molar-refractivity contribution in [2.24, 2.45) is 50.2 Å². The van der Waals surface area contributed by atoms with E-state index in [0.29, 0.717) is 18.4 Å². The van der Waals surface area contributed by atoms with Crippen molar-refractivity contribution in [3.05, 3.63) is 106 Å². The molecule has 0 bridgehead atoms. The summed E-state index contributed by atoms with van der Waals surface area (Å²) in [6.07, 6.45) is -3.13. The fourth-order valence-corrected chi connectivity index (χ4v) is 6.33. The van der Waals surface area contributed by atoms with Gasteiger partial charge in [0.05, 0.1) is 11.0 Å². The maximum absolute atomic E-state index is 13.1. The number of aryl methyl sites for hydroxylation is 1. The van der Waals surface area contributed by atoms with Crippen LogP contribution in [0.3, 0.4) is 0 Å². The standard InChI is InChI=1S/3C19H30O/c1-14-8-10-15(11-9-14)12-16(13-18(2,3)4)17(20)19(5,6)7;2*1-14-9-8-10-15(11-14)12-16(13-18(2,3)4)17(20)19(5,6)7/h3*8-11,16H,12-13H2,1-7H3/t3*16-/m111/s1/i12D2;8D,9D,10D,11D,12D,16D;8D,9D,10D,11D,12D/tm;12-,16-;12-,16+/m110. The molecule has 0 heterocycles. The van der Waals surface area contributed by atoms with Gasteiger partial charge in [-0.1, -0.05) is 214 Å². The second-order valence-corrected chi connectivity index (χ2v) is 23.2. The van der Waals surface area contributed by atoms with Gasteiger partial charge in [-0.3, -0.25) is 14.4 Å². The zero-order valence-corrected chi connectivity index (χ0v) is 41.5. The highest BCUT2D eigenvalue weighted by Crippen LogP contribution is 2.35. The second-order valence-electron chi connectivity index (χ2n) is 23.2. The predicted octanol–water partition coefficient (Wildman–Crippen LogP) is 15.6. The minimum absolute atomic E-state index is 0.00648. The molecule has 0 N–H and O–H groups in total. The molecule has 0 saturated heterocycles. The van der Waals surface area contributed by atoms with Crippen molar-refractivity contribution in [3.63, 3.8) is 0 Å². The fraction of sp³-hybridized carbons (Fsp3) is 0.632. The minimum atomic E-state index is -1.86. The van der Waals surface area contributed by atoms with E-state index in [9.17, 15) is 14.4 Å². The maximum atomic E-state index is 13.1. The van der Waals surface area contributed by atoms with Crippen LogP contribution in [0.25, 0.3) is 0 Å². The van der Waals surface area contributed by atoms with E-state index < -0.39 is 70.4 Å². The first-order chi connectivity index (χ1) is 32.3. The Morgan fingerprint density at radius 3 is 1.23 bits per heavy atom. The van der Waals surface area contributed by atoms with Crippen molar-refractivity contribution < 1.29 is 32.2 Å². The number of hydrogen-bond acceptors (Lipinski definition) is 3. The van der Waals surface area contributed by atoms with E-state index in [4.69, 9.17) is 17.8 Å². The van der Waals surface area contributed by atoms with Gasteiger partial charge in [-0.2, -0.15) is 0 Å². The Balaban J connectivity index is 0.000000549. The topological polar surface area (TPSA) is 51.2 Å². The largest absolute Gasteiger partial charge is 0.299 e. The second kappa shape index (κ2) is 22.2. The number of rotatable bonds is 12. The smallest absolute Gasteiger partial charge is 0.141 e. The molecule has 5 atom stereocenters. The summed E-state index contributed by atoms with van der Waals surface area (Å²) in [6.45, 7) is 39.0. The Morgan fingerprint density at radius 1 is 0.483 bits per heavy atom. The van der Waals surface area contributed by atoms with Gasteiger partial charge in [0, 0.05) is 40.8 Å². The predicted molar refractivity (Wildman–Crippen MR) is 261 cm³/mol. The van der Waals surface area contributed by atoms with Gasteiger partial charge in [0.25, 0.3) is 0 Å². The maximum Gasteiger partial charge on any atom is 0.141 e. The third-order valence-corrected chi connectivity index (χ3v) is 9.09. The number of benzene rings is 3. The number of carbonyl (C=O) groups excluding carboxylic acids is 3. The van der Waals surface area contributed by atoms with Crippen LogP contribution in [0.4, 0.5) is 0 Å². The number of Topliss-reactive ketones (excluding diaryl/α,β-unsaturated/α-hetero) is 3. The summed E-state index contributed by atoms with van der Waals surface area (Å²) >= 11 is 0. The first-order valence-electron chi connectivity index (χ1n) is 28.1. The molecule has 0 spiro atoms. The van der Waals surface area contributed by atoms with Crippen LogP contribution < -0.4 is 0 Å². The highest BCUT2D eigenvalue weighted by molar-refractivity contribution is 5.87. The number of carbonyl (C=O) groups is 3. The molecule has 0 aliphatic heterocycles. The molecule has 0 amide bonds. The van der Waals surface area contributed by atoms with Gasteiger partial charge >= 0.3 is 0 Å². The Labute approximate surface area is 389 Å². The normalized spacial score (nSPS) is 19.1. The lowest BCUT2D eigenvalue weighted by Gasteiger charge is -2.30. The summed E-state index contributed by atoms with van der Waals surface area (Å²) in [4.78, 5) is 39.0. The zero-order chi connectivity index (χ0) is 58.1. The molecule has 0 aromatic heterocycles. The van der Waals surface area contributed by atoms with E-state index in [1.54, 1.807) is 39.8 Å². The van der Waals surface area contributed by atoms with Gasteiger partial charge in [0.1, 0.15) is 17.3 Å². The summed E-state index contributed by atoms with van der Waals surface area (Å²) in [5.74, 6) is -3.66. The van der Waals surface area contributed by atoms with Crippen LogP contribution in [0.1, 0.15) is 195 Å². The lowest BCUT2D eigenvalue weighted by Crippen LogP contribution is -2.32. The SMILES string of the molecule is [2H]C([2H])(c1ccc(C)cc1)[C@H](CC(C)(C)C)C(=O)C(C)(C)C.[2H]c1c([2H])c(C)c([2H])c([C@@H]([2H])[C@]([2H])(CC(C)(C)C)C(=O)C(C)(C)C)c1[2H].[2H]c1c([2H])c(C)c([2H])c([C@H]([2H])[C@H](CC(C)(C)C)C(=O)C(C)(C)C)c1[2H]. The molecule has 3 nitrogen and oxygen atoms in total. The zero-order valence-electron chi connectivity index (χ0n) is 54.5. The lowest BCUT2D eigenvalue weighted by molar-refractivity contribution is -0.132. The van der Waals surface area contributed by atoms with E-state index >= 15 is 0 Å². The summed E-state index contributed by atoms with van der Waals surface area (Å²) in [7, 11) is 0. The van der Waals surface area contributed by atoms with Crippen molar-refractivity contribution in [1.29, 1.82) is 0 Å². The van der Waals surface area contributed by atoms with Crippen LogP contribution in [0.2, 0.25) is 0 Å². The molecular weight excluding hydrogens is 733 g/mol. The van der Waals surface area contributed by atoms with Crippen LogP contribution in [-0.2, 0) is 33.6 Å². The van der Waals surface area contributed by atoms with Gasteiger partial charge in [-0.15, -0.1) is 0 Å². The fourth-order valence-electron chi connectivity index (χ4n) is 6.33. The van der Waals surface area contributed by atoms with Gasteiger partial charge in [-0.05, 0) is 92.1 Å². The van der Waals surface area contributed by atoms with Crippen molar-refractivity contribution in [2.45, 2.75) is 184 Å². The Bertz CT molecular complexity index is 2380. The summed E-state index contributed by atoms with van der Waals surface area (Å²) in [5.41, 5.74) is -0.615. The number of hydrogen-bond donors (Lipinski definition) is 0. The molecule has 336 valence electrons. The van der Waals surface area contributed by atoms with Crippen LogP contribution in [0, 0.1) is 71.0 Å². The summed E-state index contributed by atoms with van der Waals surface area (Å²) in [6, 6.07) is 5.47. The quantitative estimate of drug-likeness (QED) is 0.183. The molecular formula is C57H90O3. The lowest BCUT2D eigenvalue weighted by atomic mass is 9.73. The van der Waals surface area contributed by atoms with E-state index in [2.05, 4.69) is 20.8 Å².